The Morgan fingerprint density at radius 2 is 1.85 bits per heavy atom. The van der Waals surface area contributed by atoms with E-state index in [2.05, 4.69) is 15.9 Å². The van der Waals surface area contributed by atoms with Crippen LogP contribution in [0.25, 0.3) is 0 Å². The maximum Gasteiger partial charge on any atom is 0.242 e. The van der Waals surface area contributed by atoms with Gasteiger partial charge in [0, 0.05) is 17.6 Å². The fourth-order valence-corrected chi connectivity index (χ4v) is 2.65. The summed E-state index contributed by atoms with van der Waals surface area (Å²) in [6.07, 6.45) is 0.836. The van der Waals surface area contributed by atoms with Gasteiger partial charge in [-0.3, -0.25) is 9.59 Å². The minimum Gasteiger partial charge on any atom is -0.332 e. The van der Waals surface area contributed by atoms with Crippen LogP contribution in [0, 0.1) is 5.82 Å². The van der Waals surface area contributed by atoms with Crippen LogP contribution in [-0.2, 0) is 16.1 Å². The number of nitrogens with zero attached hydrogens (tertiary/aromatic N) is 2. The van der Waals surface area contributed by atoms with E-state index < -0.39 is 0 Å². The largest absolute Gasteiger partial charge is 0.332 e. The molecule has 20 heavy (non-hydrogen) atoms. The van der Waals surface area contributed by atoms with Gasteiger partial charge in [0.05, 0.1) is 6.54 Å². The van der Waals surface area contributed by atoms with Gasteiger partial charge in [-0.1, -0.05) is 28.9 Å². The minimum atomic E-state index is -0.337. The van der Waals surface area contributed by atoms with E-state index in [1.807, 2.05) is 6.92 Å². The third-order valence-corrected chi connectivity index (χ3v) is 3.97. The normalized spacial score (nSPS) is 15.9. The van der Waals surface area contributed by atoms with Crippen molar-refractivity contribution in [1.82, 2.24) is 9.80 Å². The first kappa shape index (κ1) is 15.0. The molecule has 1 heterocycles. The Hall–Kier alpha value is -1.43. The van der Waals surface area contributed by atoms with Gasteiger partial charge in [0.25, 0.3) is 0 Å². The van der Waals surface area contributed by atoms with Crippen molar-refractivity contribution < 1.29 is 14.0 Å². The van der Waals surface area contributed by atoms with E-state index >= 15 is 0 Å². The van der Waals surface area contributed by atoms with Crippen molar-refractivity contribution in [2.24, 2.45) is 0 Å². The van der Waals surface area contributed by atoms with Gasteiger partial charge in [0.1, 0.15) is 12.4 Å². The van der Waals surface area contributed by atoms with Crippen molar-refractivity contribution in [1.29, 1.82) is 0 Å². The van der Waals surface area contributed by atoms with Crippen molar-refractivity contribution >= 4 is 27.7 Å². The molecule has 0 bridgehead atoms. The standard InChI is InChI=1S/C14H16BrFN2O2/c1-2-5-17-8-14(20)18(9-13(17)19)7-10-3-4-11(16)6-12(10)15/h3-4,6H,2,5,7-9H2,1H3. The third kappa shape index (κ3) is 3.36. The number of hydrogen-bond donors (Lipinski definition) is 0. The van der Waals surface area contributed by atoms with E-state index in [4.69, 9.17) is 0 Å². The summed E-state index contributed by atoms with van der Waals surface area (Å²) in [5, 5.41) is 0. The molecule has 0 N–H and O–H groups in total. The zero-order chi connectivity index (χ0) is 14.7. The van der Waals surface area contributed by atoms with E-state index in [9.17, 15) is 14.0 Å². The Balaban J connectivity index is 2.07. The Morgan fingerprint density at radius 3 is 2.50 bits per heavy atom. The molecule has 4 nitrogen and oxygen atoms in total. The van der Waals surface area contributed by atoms with Gasteiger partial charge in [-0.2, -0.15) is 0 Å². The summed E-state index contributed by atoms with van der Waals surface area (Å²) < 4.78 is 13.6. The second-order valence-corrected chi connectivity index (χ2v) is 5.66. The second-order valence-electron chi connectivity index (χ2n) is 4.80. The summed E-state index contributed by atoms with van der Waals surface area (Å²) >= 11 is 3.27. The lowest BCUT2D eigenvalue weighted by molar-refractivity contribution is -0.150. The van der Waals surface area contributed by atoms with E-state index in [1.165, 1.54) is 17.0 Å². The minimum absolute atomic E-state index is 0.0373. The molecule has 2 rings (SSSR count). The Labute approximate surface area is 125 Å². The average molecular weight is 343 g/mol. The van der Waals surface area contributed by atoms with E-state index in [0.717, 1.165) is 12.0 Å². The first-order valence-electron chi connectivity index (χ1n) is 6.50. The first-order chi connectivity index (χ1) is 9.51. The zero-order valence-electron chi connectivity index (χ0n) is 11.2. The lowest BCUT2D eigenvalue weighted by atomic mass is 10.2. The predicted molar refractivity (Wildman–Crippen MR) is 76.4 cm³/mol. The second kappa shape index (κ2) is 6.35. The number of benzene rings is 1. The van der Waals surface area contributed by atoms with Crippen molar-refractivity contribution in [3.8, 4) is 0 Å². The number of rotatable bonds is 4. The van der Waals surface area contributed by atoms with Crippen LogP contribution in [0.5, 0.6) is 0 Å². The summed E-state index contributed by atoms with van der Waals surface area (Å²) in [6, 6.07) is 4.32. The van der Waals surface area contributed by atoms with Crippen molar-refractivity contribution in [3.05, 3.63) is 34.1 Å². The zero-order valence-corrected chi connectivity index (χ0v) is 12.8. The van der Waals surface area contributed by atoms with Crippen molar-refractivity contribution in [3.63, 3.8) is 0 Å². The highest BCUT2D eigenvalue weighted by Gasteiger charge is 2.29. The van der Waals surface area contributed by atoms with E-state index in [1.54, 1.807) is 11.0 Å². The summed E-state index contributed by atoms with van der Waals surface area (Å²) in [5.74, 6) is -0.449. The molecule has 0 saturated carbocycles. The van der Waals surface area contributed by atoms with Crippen LogP contribution in [0.15, 0.2) is 22.7 Å². The molecule has 1 saturated heterocycles. The summed E-state index contributed by atoms with van der Waals surface area (Å²) in [7, 11) is 0. The monoisotopic (exact) mass is 342 g/mol. The Kier molecular flexibility index (Phi) is 4.75. The maximum atomic E-state index is 13.0. The molecular weight excluding hydrogens is 327 g/mol. The molecule has 0 unspecified atom stereocenters. The van der Waals surface area contributed by atoms with Gasteiger partial charge < -0.3 is 9.80 Å². The smallest absolute Gasteiger partial charge is 0.242 e. The van der Waals surface area contributed by atoms with Crippen LogP contribution in [0.1, 0.15) is 18.9 Å². The molecular formula is C14H16BrFN2O2. The molecule has 1 fully saturated rings. The summed E-state index contributed by atoms with van der Waals surface area (Å²) in [4.78, 5) is 27.1. The molecule has 0 aromatic heterocycles. The first-order valence-corrected chi connectivity index (χ1v) is 7.30. The molecule has 1 aliphatic rings. The highest BCUT2D eigenvalue weighted by molar-refractivity contribution is 9.10. The number of hydrogen-bond acceptors (Lipinski definition) is 2. The number of piperazine rings is 1. The SMILES string of the molecule is CCCN1CC(=O)N(Cc2ccc(F)cc2Br)CC1=O. The molecule has 0 aliphatic carbocycles. The van der Waals surface area contributed by atoms with Crippen molar-refractivity contribution in [2.75, 3.05) is 19.6 Å². The van der Waals surface area contributed by atoms with Crippen molar-refractivity contribution in [2.45, 2.75) is 19.9 Å². The Bertz CT molecular complexity index is 536. The van der Waals surface area contributed by atoms with Gasteiger partial charge >= 0.3 is 0 Å². The van der Waals surface area contributed by atoms with Crippen LogP contribution in [0.4, 0.5) is 4.39 Å². The molecule has 0 spiro atoms. The number of amides is 2. The molecule has 1 aromatic rings. The van der Waals surface area contributed by atoms with Crippen LogP contribution in [-0.4, -0.2) is 41.2 Å². The van der Waals surface area contributed by atoms with E-state index in [-0.39, 0.29) is 30.7 Å². The fourth-order valence-electron chi connectivity index (χ4n) is 2.18. The fraction of sp³-hybridized carbons (Fsp3) is 0.429. The van der Waals surface area contributed by atoms with E-state index in [0.29, 0.717) is 17.6 Å². The molecule has 1 aliphatic heterocycles. The van der Waals surface area contributed by atoms with Gasteiger partial charge in [0.15, 0.2) is 0 Å². The molecule has 6 heteroatoms. The van der Waals surface area contributed by atoms with Crippen LogP contribution >= 0.6 is 15.9 Å². The van der Waals surface area contributed by atoms with Crippen LogP contribution in [0.3, 0.4) is 0 Å². The summed E-state index contributed by atoms with van der Waals surface area (Å²) in [6.45, 7) is 3.11. The molecule has 1 aromatic carbocycles. The van der Waals surface area contributed by atoms with Crippen LogP contribution in [0.2, 0.25) is 0 Å². The lowest BCUT2D eigenvalue weighted by Crippen LogP contribution is -2.53. The average Bonchev–Trinajstić information content (AvgIpc) is 2.38. The summed E-state index contributed by atoms with van der Waals surface area (Å²) in [5.41, 5.74) is 0.788. The lowest BCUT2D eigenvalue weighted by Gasteiger charge is -2.34. The van der Waals surface area contributed by atoms with Gasteiger partial charge in [0.2, 0.25) is 11.8 Å². The molecule has 0 radical (unpaired) electrons. The number of carbonyl (C=O) groups excluding carboxylic acids is 2. The topological polar surface area (TPSA) is 40.6 Å². The maximum absolute atomic E-state index is 13.0. The highest BCUT2D eigenvalue weighted by Crippen LogP contribution is 2.20. The molecule has 108 valence electrons. The molecule has 2 amide bonds. The highest BCUT2D eigenvalue weighted by atomic mass is 79.9. The predicted octanol–water partition coefficient (Wildman–Crippen LogP) is 2.17. The van der Waals surface area contributed by atoms with Gasteiger partial charge in [-0.05, 0) is 24.1 Å². The number of carbonyl (C=O) groups is 2. The Morgan fingerprint density at radius 1 is 1.20 bits per heavy atom. The van der Waals surface area contributed by atoms with Gasteiger partial charge in [-0.15, -0.1) is 0 Å². The molecule has 0 atom stereocenters. The van der Waals surface area contributed by atoms with Gasteiger partial charge in [-0.25, -0.2) is 4.39 Å². The quantitative estimate of drug-likeness (QED) is 0.841. The van der Waals surface area contributed by atoms with Crippen LogP contribution < -0.4 is 0 Å². The third-order valence-electron chi connectivity index (χ3n) is 3.23. The number of halogens is 2.